The maximum atomic E-state index is 12.4. The lowest BCUT2D eigenvalue weighted by atomic mass is 9.86. The predicted molar refractivity (Wildman–Crippen MR) is 93.2 cm³/mol. The first-order chi connectivity index (χ1) is 10.9. The molecule has 2 aromatic rings. The molecule has 4 nitrogen and oxygen atoms in total. The van der Waals surface area contributed by atoms with Gasteiger partial charge < -0.3 is 4.57 Å². The summed E-state index contributed by atoms with van der Waals surface area (Å²) in [5, 5.41) is 9.23. The zero-order valence-electron chi connectivity index (χ0n) is 14.2. The number of ketones is 1. The molecule has 1 aromatic carbocycles. The maximum absolute atomic E-state index is 12.4. The number of rotatable bonds is 5. The molecule has 0 amide bonds. The number of aryl methyl sites for hydroxylation is 1. The van der Waals surface area contributed by atoms with Crippen LogP contribution in [0.4, 0.5) is 0 Å². The number of benzene rings is 1. The fourth-order valence-electron chi connectivity index (χ4n) is 2.57. The van der Waals surface area contributed by atoms with Crippen molar-refractivity contribution in [3.63, 3.8) is 0 Å². The van der Waals surface area contributed by atoms with Crippen molar-refractivity contribution in [3.8, 4) is 0 Å². The molecule has 23 heavy (non-hydrogen) atoms. The molecule has 1 aromatic heterocycles. The fraction of sp³-hybridized carbons (Fsp3) is 0.500. The molecule has 3 rings (SSSR count). The summed E-state index contributed by atoms with van der Waals surface area (Å²) in [7, 11) is 0. The van der Waals surface area contributed by atoms with E-state index in [0.29, 0.717) is 11.8 Å². The highest BCUT2D eigenvalue weighted by Crippen LogP contribution is 2.38. The van der Waals surface area contributed by atoms with E-state index in [-0.39, 0.29) is 11.2 Å². The van der Waals surface area contributed by atoms with E-state index in [1.54, 1.807) is 0 Å². The van der Waals surface area contributed by atoms with E-state index in [1.807, 2.05) is 19.1 Å². The number of nitrogens with zero attached hydrogens (tertiary/aromatic N) is 3. The number of hydrogen-bond donors (Lipinski definition) is 0. The summed E-state index contributed by atoms with van der Waals surface area (Å²) in [6.07, 6.45) is 2.38. The Bertz CT molecular complexity index is 709. The van der Waals surface area contributed by atoms with Crippen LogP contribution in [0.15, 0.2) is 29.4 Å². The second-order valence-corrected chi connectivity index (χ2v) is 8.11. The van der Waals surface area contributed by atoms with Gasteiger partial charge in [-0.05, 0) is 30.7 Å². The van der Waals surface area contributed by atoms with Crippen molar-refractivity contribution in [2.75, 3.05) is 5.75 Å². The van der Waals surface area contributed by atoms with E-state index >= 15 is 0 Å². The maximum Gasteiger partial charge on any atom is 0.191 e. The van der Waals surface area contributed by atoms with Crippen LogP contribution in [-0.2, 0) is 5.41 Å². The second-order valence-electron chi connectivity index (χ2n) is 7.17. The molecule has 122 valence electrons. The average molecular weight is 329 g/mol. The van der Waals surface area contributed by atoms with Gasteiger partial charge in [-0.2, -0.15) is 0 Å². The molecule has 0 atom stereocenters. The van der Waals surface area contributed by atoms with E-state index in [2.05, 4.69) is 47.7 Å². The Hall–Kier alpha value is -1.62. The summed E-state index contributed by atoms with van der Waals surface area (Å²) >= 11 is 1.49. The Morgan fingerprint density at radius 3 is 2.43 bits per heavy atom. The first-order valence-corrected chi connectivity index (χ1v) is 9.03. The number of thioether (sulfide) groups is 1. The minimum Gasteiger partial charge on any atom is -0.303 e. The predicted octanol–water partition coefficient (Wildman–Crippen LogP) is 4.19. The van der Waals surface area contributed by atoms with Gasteiger partial charge >= 0.3 is 0 Å². The number of carbonyl (C=O) groups excluding carboxylic acids is 1. The fourth-order valence-corrected chi connectivity index (χ4v) is 3.52. The van der Waals surface area contributed by atoms with E-state index in [1.165, 1.54) is 30.2 Å². The Kier molecular flexibility index (Phi) is 4.32. The van der Waals surface area contributed by atoms with Gasteiger partial charge in [0.2, 0.25) is 0 Å². The van der Waals surface area contributed by atoms with Crippen LogP contribution >= 0.6 is 11.8 Å². The molecule has 1 heterocycles. The van der Waals surface area contributed by atoms with Gasteiger partial charge in [0.05, 0.1) is 5.75 Å². The van der Waals surface area contributed by atoms with Gasteiger partial charge in [-0.3, -0.25) is 4.79 Å². The highest BCUT2D eigenvalue weighted by atomic mass is 32.2. The lowest BCUT2D eigenvalue weighted by Gasteiger charge is -2.18. The van der Waals surface area contributed by atoms with E-state index in [9.17, 15) is 4.79 Å². The Morgan fingerprint density at radius 1 is 1.22 bits per heavy atom. The van der Waals surface area contributed by atoms with Crippen LogP contribution in [0.2, 0.25) is 0 Å². The number of hydrogen-bond acceptors (Lipinski definition) is 4. The Balaban J connectivity index is 1.66. The molecular weight excluding hydrogens is 306 g/mol. The largest absolute Gasteiger partial charge is 0.303 e. The third-order valence-electron chi connectivity index (χ3n) is 4.15. The van der Waals surface area contributed by atoms with Gasteiger partial charge in [0.1, 0.15) is 5.82 Å². The van der Waals surface area contributed by atoms with Gasteiger partial charge in [-0.1, -0.05) is 56.8 Å². The van der Waals surface area contributed by atoms with Gasteiger partial charge in [0, 0.05) is 11.6 Å². The first kappa shape index (κ1) is 16.2. The molecule has 0 bridgehead atoms. The summed E-state index contributed by atoms with van der Waals surface area (Å²) < 4.78 is 2.17. The van der Waals surface area contributed by atoms with Crippen LogP contribution < -0.4 is 0 Å². The average Bonchev–Trinajstić information content (AvgIpc) is 3.27. The number of aromatic nitrogens is 3. The molecule has 0 radical (unpaired) electrons. The third-order valence-corrected chi connectivity index (χ3v) is 5.10. The molecule has 1 aliphatic carbocycles. The van der Waals surface area contributed by atoms with Gasteiger partial charge in [0.25, 0.3) is 0 Å². The summed E-state index contributed by atoms with van der Waals surface area (Å²) in [6, 6.07) is 8.50. The Labute approximate surface area is 141 Å². The van der Waals surface area contributed by atoms with Gasteiger partial charge in [0.15, 0.2) is 10.9 Å². The molecule has 0 spiro atoms. The van der Waals surface area contributed by atoms with Crippen LogP contribution in [0.5, 0.6) is 0 Å². The van der Waals surface area contributed by atoms with Crippen LogP contribution in [0, 0.1) is 6.92 Å². The molecule has 5 heteroatoms. The first-order valence-electron chi connectivity index (χ1n) is 8.04. The van der Waals surface area contributed by atoms with Crippen LogP contribution in [0.25, 0.3) is 0 Å². The monoisotopic (exact) mass is 329 g/mol. The summed E-state index contributed by atoms with van der Waals surface area (Å²) in [5.41, 5.74) is 2.11. The molecule has 0 saturated heterocycles. The molecule has 1 aliphatic rings. The molecule has 1 fully saturated rings. The number of carbonyl (C=O) groups is 1. The topological polar surface area (TPSA) is 47.8 Å². The smallest absolute Gasteiger partial charge is 0.191 e. The van der Waals surface area contributed by atoms with Crippen molar-refractivity contribution in [3.05, 3.63) is 41.2 Å². The van der Waals surface area contributed by atoms with Crippen LogP contribution in [0.1, 0.15) is 61.4 Å². The highest BCUT2D eigenvalue weighted by Gasteiger charge is 2.28. The van der Waals surface area contributed by atoms with Crippen molar-refractivity contribution in [1.29, 1.82) is 0 Å². The van der Waals surface area contributed by atoms with Gasteiger partial charge in [-0.15, -0.1) is 10.2 Å². The minimum atomic E-state index is 0.106. The number of Topliss-reactive ketones (excluding diaryl/α,β-unsaturated/α-hetero) is 1. The van der Waals surface area contributed by atoms with E-state index in [0.717, 1.165) is 16.5 Å². The van der Waals surface area contributed by atoms with E-state index in [4.69, 9.17) is 0 Å². The van der Waals surface area contributed by atoms with E-state index < -0.39 is 0 Å². The van der Waals surface area contributed by atoms with Crippen molar-refractivity contribution < 1.29 is 4.79 Å². The molecule has 0 unspecified atom stereocenters. The van der Waals surface area contributed by atoms with Crippen molar-refractivity contribution in [1.82, 2.24) is 14.8 Å². The molecule has 1 saturated carbocycles. The van der Waals surface area contributed by atoms with Crippen LogP contribution in [-0.4, -0.2) is 26.3 Å². The minimum absolute atomic E-state index is 0.106. The lowest BCUT2D eigenvalue weighted by Crippen LogP contribution is -2.11. The quantitative estimate of drug-likeness (QED) is 0.609. The third kappa shape index (κ3) is 3.66. The van der Waals surface area contributed by atoms with Crippen molar-refractivity contribution >= 4 is 17.5 Å². The van der Waals surface area contributed by atoms with Crippen molar-refractivity contribution in [2.24, 2.45) is 0 Å². The van der Waals surface area contributed by atoms with Crippen molar-refractivity contribution in [2.45, 2.75) is 57.1 Å². The normalized spacial score (nSPS) is 15.0. The molecule has 0 N–H and O–H groups in total. The summed E-state index contributed by atoms with van der Waals surface area (Å²) in [6.45, 7) is 8.49. The van der Waals surface area contributed by atoms with Crippen LogP contribution in [0.3, 0.4) is 0 Å². The lowest BCUT2D eigenvalue weighted by molar-refractivity contribution is 0.102. The zero-order valence-corrected chi connectivity index (χ0v) is 15.0. The SMILES string of the molecule is Cc1nnc(SCC(=O)c2ccc(C(C)(C)C)cc2)n1C1CC1. The molecule has 0 aliphatic heterocycles. The zero-order chi connectivity index (χ0) is 16.6. The van der Waals surface area contributed by atoms with Gasteiger partial charge in [-0.25, -0.2) is 0 Å². The second kappa shape index (κ2) is 6.11. The summed E-state index contributed by atoms with van der Waals surface area (Å²) in [4.78, 5) is 12.4. The molecular formula is C18H23N3OS. The Morgan fingerprint density at radius 2 is 1.87 bits per heavy atom. The summed E-state index contributed by atoms with van der Waals surface area (Å²) in [5.74, 6) is 1.48. The highest BCUT2D eigenvalue weighted by molar-refractivity contribution is 7.99. The standard InChI is InChI=1S/C18H23N3OS/c1-12-19-20-17(21(12)15-9-10-15)23-11-16(22)13-5-7-14(8-6-13)18(2,3)4/h5-8,15H,9-11H2,1-4H3.